The van der Waals surface area contributed by atoms with Crippen molar-refractivity contribution in [3.63, 3.8) is 0 Å². The van der Waals surface area contributed by atoms with Gasteiger partial charge in [0.1, 0.15) is 11.9 Å². The van der Waals surface area contributed by atoms with Crippen molar-refractivity contribution < 1.29 is 9.53 Å². The minimum atomic E-state index is -0.339. The summed E-state index contributed by atoms with van der Waals surface area (Å²) < 4.78 is 5.15. The van der Waals surface area contributed by atoms with Crippen molar-refractivity contribution >= 4 is 11.7 Å². The van der Waals surface area contributed by atoms with Crippen LogP contribution < -0.4 is 4.90 Å². The van der Waals surface area contributed by atoms with E-state index < -0.39 is 0 Å². The molecule has 6 nitrogen and oxygen atoms in total. The molecule has 0 bridgehead atoms. The van der Waals surface area contributed by atoms with Crippen molar-refractivity contribution in [3.8, 4) is 6.07 Å². The third-order valence-electron chi connectivity index (χ3n) is 5.65. The zero-order chi connectivity index (χ0) is 18.7. The average molecular weight is 356 g/mol. The molecule has 1 atom stereocenters. The number of aromatic nitrogens is 1. The van der Waals surface area contributed by atoms with Crippen molar-refractivity contribution in [3.05, 3.63) is 23.4 Å². The number of amides is 1. The molecule has 1 aromatic rings. The zero-order valence-electron chi connectivity index (χ0n) is 16.0. The largest absolute Gasteiger partial charge is 0.383 e. The number of pyridine rings is 1. The van der Waals surface area contributed by atoms with E-state index in [1.165, 1.54) is 0 Å². The van der Waals surface area contributed by atoms with Gasteiger partial charge in [0.15, 0.2) is 0 Å². The lowest BCUT2D eigenvalue weighted by Crippen LogP contribution is -2.51. The fraction of sp³-hybridized carbons (Fsp3) is 0.650. The Morgan fingerprint density at radius 3 is 2.85 bits per heavy atom. The molecule has 2 aliphatic rings. The number of nitrogens with zero attached hydrogens (tertiary/aromatic N) is 4. The standard InChI is InChI=1S/C20H28N4O2/c1-15(2)17-6-5-16(13-21)18(22-17)24-10-8-20(14-24)7-4-9-23(19(20)25)11-12-26-3/h5-6,15H,4,7-12,14H2,1-3H3/t20-/m1/s1. The molecule has 140 valence electrons. The van der Waals surface area contributed by atoms with E-state index in [1.807, 2.05) is 17.0 Å². The van der Waals surface area contributed by atoms with Crippen molar-refractivity contribution in [2.45, 2.75) is 39.0 Å². The van der Waals surface area contributed by atoms with Crippen LogP contribution in [0.1, 0.15) is 50.3 Å². The number of ether oxygens (including phenoxy) is 1. The van der Waals surface area contributed by atoms with Crippen molar-refractivity contribution in [1.82, 2.24) is 9.88 Å². The van der Waals surface area contributed by atoms with Gasteiger partial charge in [-0.15, -0.1) is 0 Å². The number of likely N-dealkylation sites (tertiary alicyclic amines) is 1. The van der Waals surface area contributed by atoms with Gasteiger partial charge in [0, 0.05) is 39.0 Å². The summed E-state index contributed by atoms with van der Waals surface area (Å²) in [5, 5.41) is 9.50. The fourth-order valence-corrected chi connectivity index (χ4v) is 4.11. The van der Waals surface area contributed by atoms with Crippen LogP contribution in [0.3, 0.4) is 0 Å². The van der Waals surface area contributed by atoms with Crippen LogP contribution in [0, 0.1) is 16.7 Å². The summed E-state index contributed by atoms with van der Waals surface area (Å²) >= 11 is 0. The molecule has 6 heteroatoms. The zero-order valence-corrected chi connectivity index (χ0v) is 16.0. The van der Waals surface area contributed by atoms with Gasteiger partial charge in [-0.3, -0.25) is 4.79 Å². The SMILES string of the molecule is COCCN1CCC[C@]2(CCN(c3nc(C(C)C)ccc3C#N)C2)C1=O. The summed E-state index contributed by atoms with van der Waals surface area (Å²) in [6.07, 6.45) is 2.76. The molecule has 1 aromatic heterocycles. The van der Waals surface area contributed by atoms with E-state index in [-0.39, 0.29) is 11.3 Å². The van der Waals surface area contributed by atoms with Crippen LogP contribution in [0.5, 0.6) is 0 Å². The summed E-state index contributed by atoms with van der Waals surface area (Å²) in [4.78, 5) is 22.0. The molecule has 26 heavy (non-hydrogen) atoms. The second-order valence-corrected chi connectivity index (χ2v) is 7.71. The quantitative estimate of drug-likeness (QED) is 0.811. The maximum Gasteiger partial charge on any atom is 0.230 e. The van der Waals surface area contributed by atoms with E-state index in [0.29, 0.717) is 31.2 Å². The van der Waals surface area contributed by atoms with E-state index in [4.69, 9.17) is 9.72 Å². The van der Waals surface area contributed by atoms with E-state index in [0.717, 1.165) is 43.9 Å². The number of methoxy groups -OCH3 is 1. The average Bonchev–Trinajstić information content (AvgIpc) is 3.07. The predicted octanol–water partition coefficient (Wildman–Crippen LogP) is 2.54. The Balaban J connectivity index is 1.83. The first kappa shape index (κ1) is 18.7. The van der Waals surface area contributed by atoms with Crippen LogP contribution >= 0.6 is 0 Å². The highest BCUT2D eigenvalue weighted by atomic mass is 16.5. The Morgan fingerprint density at radius 1 is 1.35 bits per heavy atom. The number of nitriles is 1. The van der Waals surface area contributed by atoms with Gasteiger partial charge in [0.2, 0.25) is 5.91 Å². The minimum Gasteiger partial charge on any atom is -0.383 e. The molecule has 1 amide bonds. The van der Waals surface area contributed by atoms with E-state index in [9.17, 15) is 10.1 Å². The van der Waals surface area contributed by atoms with Crippen molar-refractivity contribution in [2.75, 3.05) is 44.8 Å². The van der Waals surface area contributed by atoms with Crippen LogP contribution in [0.25, 0.3) is 0 Å². The monoisotopic (exact) mass is 356 g/mol. The molecule has 0 aliphatic carbocycles. The number of carbonyl (C=O) groups excluding carboxylic acids is 1. The van der Waals surface area contributed by atoms with Gasteiger partial charge in [-0.1, -0.05) is 13.8 Å². The molecule has 0 N–H and O–H groups in total. The molecule has 0 saturated carbocycles. The van der Waals surface area contributed by atoms with E-state index in [1.54, 1.807) is 7.11 Å². The van der Waals surface area contributed by atoms with Crippen LogP contribution in [0.4, 0.5) is 5.82 Å². The molecule has 0 unspecified atom stereocenters. The van der Waals surface area contributed by atoms with Crippen molar-refractivity contribution in [2.24, 2.45) is 5.41 Å². The van der Waals surface area contributed by atoms with Gasteiger partial charge in [-0.2, -0.15) is 5.26 Å². The fourth-order valence-electron chi connectivity index (χ4n) is 4.11. The molecule has 1 spiro atoms. The third-order valence-corrected chi connectivity index (χ3v) is 5.65. The lowest BCUT2D eigenvalue weighted by molar-refractivity contribution is -0.145. The summed E-state index contributed by atoms with van der Waals surface area (Å²) in [7, 11) is 1.66. The number of piperidine rings is 1. The van der Waals surface area contributed by atoms with Crippen molar-refractivity contribution in [1.29, 1.82) is 5.26 Å². The second-order valence-electron chi connectivity index (χ2n) is 7.71. The van der Waals surface area contributed by atoms with Gasteiger partial charge in [-0.05, 0) is 37.3 Å². The van der Waals surface area contributed by atoms with E-state index >= 15 is 0 Å². The molecule has 3 rings (SSSR count). The minimum absolute atomic E-state index is 0.238. The Hall–Kier alpha value is -2.13. The summed E-state index contributed by atoms with van der Waals surface area (Å²) in [6.45, 7) is 7.66. The molecular formula is C20H28N4O2. The van der Waals surface area contributed by atoms with Crippen LogP contribution in [-0.4, -0.2) is 55.7 Å². The normalized spacial score (nSPS) is 23.1. The predicted molar refractivity (Wildman–Crippen MR) is 100.0 cm³/mol. The number of anilines is 1. The molecule has 2 aliphatic heterocycles. The first-order chi connectivity index (χ1) is 12.5. The summed E-state index contributed by atoms with van der Waals surface area (Å²) in [5.41, 5.74) is 1.23. The van der Waals surface area contributed by atoms with Crippen LogP contribution in [0.2, 0.25) is 0 Å². The second kappa shape index (κ2) is 7.63. The number of rotatable bonds is 5. The lowest BCUT2D eigenvalue weighted by atomic mass is 9.78. The third kappa shape index (κ3) is 3.41. The molecule has 2 fully saturated rings. The molecule has 0 aromatic carbocycles. The Labute approximate surface area is 155 Å². The molecule has 3 heterocycles. The lowest BCUT2D eigenvalue weighted by Gasteiger charge is -2.39. The number of hydrogen-bond acceptors (Lipinski definition) is 5. The first-order valence-electron chi connectivity index (χ1n) is 9.45. The smallest absolute Gasteiger partial charge is 0.230 e. The molecule has 0 radical (unpaired) electrons. The Bertz CT molecular complexity index is 712. The maximum absolute atomic E-state index is 13.1. The highest BCUT2D eigenvalue weighted by Crippen LogP contribution is 2.42. The Morgan fingerprint density at radius 2 is 2.15 bits per heavy atom. The van der Waals surface area contributed by atoms with Gasteiger partial charge in [0.25, 0.3) is 0 Å². The molecule has 2 saturated heterocycles. The van der Waals surface area contributed by atoms with Gasteiger partial charge in [0.05, 0.1) is 17.6 Å². The topological polar surface area (TPSA) is 69.5 Å². The maximum atomic E-state index is 13.1. The first-order valence-corrected chi connectivity index (χ1v) is 9.45. The summed E-state index contributed by atoms with van der Waals surface area (Å²) in [6, 6.07) is 6.05. The van der Waals surface area contributed by atoms with Crippen LogP contribution in [-0.2, 0) is 9.53 Å². The highest BCUT2D eigenvalue weighted by Gasteiger charge is 2.48. The van der Waals surface area contributed by atoms with E-state index in [2.05, 4.69) is 24.8 Å². The molecular weight excluding hydrogens is 328 g/mol. The highest BCUT2D eigenvalue weighted by molar-refractivity contribution is 5.85. The Kier molecular flexibility index (Phi) is 5.47. The van der Waals surface area contributed by atoms with Gasteiger partial charge < -0.3 is 14.5 Å². The van der Waals surface area contributed by atoms with Gasteiger partial charge in [-0.25, -0.2) is 4.98 Å². The number of hydrogen-bond donors (Lipinski definition) is 0. The number of carbonyl (C=O) groups is 1. The van der Waals surface area contributed by atoms with Crippen LogP contribution in [0.15, 0.2) is 12.1 Å². The summed E-state index contributed by atoms with van der Waals surface area (Å²) in [5.74, 6) is 1.28. The van der Waals surface area contributed by atoms with Gasteiger partial charge >= 0.3 is 0 Å².